The van der Waals surface area contributed by atoms with Gasteiger partial charge in [0.25, 0.3) is 0 Å². The van der Waals surface area contributed by atoms with Crippen LogP contribution in [0.15, 0.2) is 216 Å². The standard InChI is InChI=1S/2C25H19NO.2ClH.Ti/c2*27-23-16-14-20(15-17-23)25-21(18-26-22-11-5-2-6-12-22)10-7-13-24(25)19-8-3-1-4-9-19;;;/h2*1-18,27H;2*1H;/q;;;;+4/p-4. The summed E-state index contributed by atoms with van der Waals surface area (Å²) in [6, 6.07) is 68.6. The van der Waals surface area contributed by atoms with E-state index >= 15 is 0 Å². The zero-order valence-corrected chi connectivity index (χ0v) is 33.8. The van der Waals surface area contributed by atoms with Crippen LogP contribution in [0.3, 0.4) is 0 Å². The van der Waals surface area contributed by atoms with Crippen molar-refractivity contribution in [3.05, 3.63) is 217 Å². The second kappa shape index (κ2) is 17.9. The molecule has 0 amide bonds. The van der Waals surface area contributed by atoms with Crippen LogP contribution in [0.5, 0.6) is 11.5 Å². The van der Waals surface area contributed by atoms with E-state index in [0.717, 1.165) is 67.0 Å². The normalized spacial score (nSPS) is 11.5. The molecule has 0 atom stereocenters. The molecule has 8 rings (SSSR count). The predicted octanol–water partition coefficient (Wildman–Crippen LogP) is 14.6. The summed E-state index contributed by atoms with van der Waals surface area (Å²) in [6.45, 7) is 0. The fourth-order valence-electron chi connectivity index (χ4n) is 6.71. The van der Waals surface area contributed by atoms with Gasteiger partial charge in [0, 0.05) is 0 Å². The Morgan fingerprint density at radius 1 is 0.351 bits per heavy atom. The van der Waals surface area contributed by atoms with E-state index in [-0.39, 0.29) is 0 Å². The topological polar surface area (TPSA) is 43.2 Å². The fourth-order valence-corrected chi connectivity index (χ4v) is 9.52. The van der Waals surface area contributed by atoms with Gasteiger partial charge in [-0.1, -0.05) is 12.1 Å². The minimum atomic E-state index is -4.33. The first kappa shape index (κ1) is 37.9. The number of hydrogen-bond donors (Lipinski definition) is 0. The van der Waals surface area contributed by atoms with E-state index in [1.807, 2.05) is 158 Å². The molecule has 0 heterocycles. The summed E-state index contributed by atoms with van der Waals surface area (Å²) in [4.78, 5) is 9.54. The Morgan fingerprint density at radius 3 is 1.07 bits per heavy atom. The third-order valence-electron chi connectivity index (χ3n) is 9.34. The maximum atomic E-state index is 6.85. The van der Waals surface area contributed by atoms with Crippen LogP contribution in [0.2, 0.25) is 0 Å². The monoisotopic (exact) mass is 814 g/mol. The summed E-state index contributed by atoms with van der Waals surface area (Å²) in [5.41, 5.74) is 12.3. The number of halogens is 2. The first-order chi connectivity index (χ1) is 28.0. The molecule has 0 aromatic heterocycles. The fraction of sp³-hybridized carbons (Fsp3) is 0. The summed E-state index contributed by atoms with van der Waals surface area (Å²) >= 11 is -4.33. The molecule has 0 N–H and O–H groups in total. The van der Waals surface area contributed by atoms with Crippen LogP contribution in [0, 0.1) is 0 Å². The van der Waals surface area contributed by atoms with Gasteiger partial charge in [0.05, 0.1) is 0 Å². The van der Waals surface area contributed by atoms with Crippen molar-refractivity contribution in [1.82, 2.24) is 0 Å². The number of hydrogen-bond acceptors (Lipinski definition) is 4. The molecule has 8 aromatic carbocycles. The zero-order chi connectivity index (χ0) is 38.9. The summed E-state index contributed by atoms with van der Waals surface area (Å²) < 4.78 is 12.4. The Labute approximate surface area is 345 Å². The van der Waals surface area contributed by atoms with Crippen LogP contribution >= 0.6 is 18.6 Å². The molecule has 0 aliphatic carbocycles. The molecule has 7 heteroatoms. The van der Waals surface area contributed by atoms with E-state index in [0.29, 0.717) is 11.5 Å². The van der Waals surface area contributed by atoms with Crippen LogP contribution < -0.4 is 6.64 Å². The van der Waals surface area contributed by atoms with E-state index in [4.69, 9.17) is 35.2 Å². The molecule has 0 bridgehead atoms. The van der Waals surface area contributed by atoms with Gasteiger partial charge < -0.3 is 0 Å². The second-order valence-corrected chi connectivity index (χ2v) is 20.2. The van der Waals surface area contributed by atoms with Crippen LogP contribution in [-0.4, -0.2) is 12.4 Å². The number of nitrogens with zero attached hydrogens (tertiary/aromatic N) is 2. The molecule has 8 aromatic rings. The van der Waals surface area contributed by atoms with E-state index in [1.54, 1.807) is 0 Å². The Bertz CT molecular complexity index is 2440. The first-order valence-electron chi connectivity index (χ1n) is 18.5. The van der Waals surface area contributed by atoms with Gasteiger partial charge >= 0.3 is 336 Å². The first-order valence-corrected chi connectivity index (χ1v) is 24.1. The summed E-state index contributed by atoms with van der Waals surface area (Å²) in [5, 5.41) is 0. The molecule has 0 saturated heterocycles. The van der Waals surface area contributed by atoms with E-state index in [2.05, 4.69) is 60.7 Å². The van der Waals surface area contributed by atoms with Gasteiger partial charge in [-0.25, -0.2) is 0 Å². The Kier molecular flexibility index (Phi) is 11.9. The van der Waals surface area contributed by atoms with Crippen LogP contribution in [0.25, 0.3) is 44.5 Å². The van der Waals surface area contributed by atoms with Crippen molar-refractivity contribution >= 4 is 42.4 Å². The van der Waals surface area contributed by atoms with Crippen molar-refractivity contribution in [2.24, 2.45) is 9.98 Å². The molecule has 0 aliphatic heterocycles. The summed E-state index contributed by atoms with van der Waals surface area (Å²) in [5.74, 6) is 1.05. The van der Waals surface area contributed by atoms with E-state index in [9.17, 15) is 0 Å². The number of rotatable bonds is 12. The average Bonchev–Trinajstić information content (AvgIpc) is 3.26. The van der Waals surface area contributed by atoms with Gasteiger partial charge in [-0.05, 0) is 0 Å². The maximum absolute atomic E-state index is 6.85. The van der Waals surface area contributed by atoms with Crippen molar-refractivity contribution in [3.8, 4) is 56.0 Å². The summed E-state index contributed by atoms with van der Waals surface area (Å²) in [6.07, 6.45) is 3.83. The molecular weight excluding hydrogens is 779 g/mol. The van der Waals surface area contributed by atoms with Crippen molar-refractivity contribution in [3.63, 3.8) is 0 Å². The molecule has 276 valence electrons. The van der Waals surface area contributed by atoms with Gasteiger partial charge in [-0.2, -0.15) is 0 Å². The molecule has 0 spiro atoms. The number of aliphatic imine (C=N–C) groups is 2. The number of benzene rings is 8. The SMILES string of the molecule is [Cl][Ti]([Cl])([O]c1ccc(-c2c(C=Nc3ccccc3)cccc2-c2ccccc2)cc1)[O]c1ccc(-c2c(C=Nc3ccccc3)cccc2-c2ccccc2)cc1. The van der Waals surface area contributed by atoms with Crippen LogP contribution in [0.4, 0.5) is 11.4 Å². The molecule has 0 saturated carbocycles. The van der Waals surface area contributed by atoms with Crippen molar-refractivity contribution in [1.29, 1.82) is 0 Å². The molecule has 0 aliphatic rings. The molecule has 0 unspecified atom stereocenters. The van der Waals surface area contributed by atoms with Crippen LogP contribution in [0.1, 0.15) is 11.1 Å². The number of para-hydroxylation sites is 2. The van der Waals surface area contributed by atoms with E-state index < -0.39 is 15.2 Å². The molecular formula is C50H36Cl2N2O2Ti. The van der Waals surface area contributed by atoms with Crippen molar-refractivity contribution in [2.45, 2.75) is 0 Å². The molecule has 0 radical (unpaired) electrons. The zero-order valence-electron chi connectivity index (χ0n) is 30.8. The minimum absolute atomic E-state index is 0.524. The Hall–Kier alpha value is -6.01. The third-order valence-corrected chi connectivity index (χ3v) is 12.1. The van der Waals surface area contributed by atoms with Gasteiger partial charge in [-0.3, -0.25) is 0 Å². The van der Waals surface area contributed by atoms with Gasteiger partial charge in [0.15, 0.2) is 0 Å². The van der Waals surface area contributed by atoms with Gasteiger partial charge in [0.1, 0.15) is 0 Å². The quantitative estimate of drug-likeness (QED) is 0.0911. The third kappa shape index (κ3) is 9.52. The Balaban J connectivity index is 1.04. The summed E-state index contributed by atoms with van der Waals surface area (Å²) in [7, 11) is 13.7. The van der Waals surface area contributed by atoms with Gasteiger partial charge in [-0.15, -0.1) is 0 Å². The van der Waals surface area contributed by atoms with Gasteiger partial charge in [0.2, 0.25) is 0 Å². The average molecular weight is 816 g/mol. The van der Waals surface area contributed by atoms with Crippen LogP contribution in [-0.2, 0) is 15.2 Å². The second-order valence-electron chi connectivity index (χ2n) is 13.2. The van der Waals surface area contributed by atoms with Crippen molar-refractivity contribution < 1.29 is 21.9 Å². The molecule has 4 nitrogen and oxygen atoms in total. The molecule has 57 heavy (non-hydrogen) atoms. The predicted molar refractivity (Wildman–Crippen MR) is 235 cm³/mol. The van der Waals surface area contributed by atoms with Crippen molar-refractivity contribution in [2.75, 3.05) is 0 Å². The molecule has 0 fully saturated rings. The van der Waals surface area contributed by atoms with E-state index in [1.165, 1.54) is 0 Å². The Morgan fingerprint density at radius 2 is 0.702 bits per heavy atom.